The van der Waals surface area contributed by atoms with E-state index in [0.717, 1.165) is 86.6 Å². The van der Waals surface area contributed by atoms with Gasteiger partial charge in [-0.05, 0) is 182 Å². The summed E-state index contributed by atoms with van der Waals surface area (Å²) in [6.07, 6.45) is 8.49. The largest absolute Gasteiger partial charge is 0.494 e. The average molecular weight is 1030 g/mol. The van der Waals surface area contributed by atoms with Crippen LogP contribution >= 0.6 is 0 Å². The summed E-state index contributed by atoms with van der Waals surface area (Å²) in [5.74, 6) is 0.888. The molecule has 0 fully saturated rings. The molecule has 0 saturated carbocycles. The number of fused-ring (bicyclic) bond motifs is 6. The van der Waals surface area contributed by atoms with Crippen molar-refractivity contribution in [2.45, 2.75) is 24.7 Å². The Hall–Kier alpha value is -9.96. The zero-order valence-corrected chi connectivity index (χ0v) is 44.8. The molecule has 1 aliphatic rings. The van der Waals surface area contributed by atoms with Gasteiger partial charge in [0.05, 0.1) is 17.6 Å². The van der Waals surface area contributed by atoms with Gasteiger partial charge in [-0.1, -0.05) is 214 Å². The molecule has 0 radical (unpaired) electrons. The predicted molar refractivity (Wildman–Crippen MR) is 340 cm³/mol. The van der Waals surface area contributed by atoms with E-state index in [2.05, 4.69) is 278 Å². The highest BCUT2D eigenvalue weighted by Crippen LogP contribution is 2.56. The standard InChI is InChI=1S/C77H60N2O/c1-4-54-23-29-57(30-24-54)58-33-41-66(42-34-58)79-75-47-37-61(59-31-25-55(5-2)26-32-59)51-71(75)72-52-62(38-48-76(72)79)60-35-39-65(40-36-60)78(64-19-11-8-12-20-64)67-43-46-70-69-21-13-14-22-73(69)77(74(70)53-67,63-17-9-7-10-18-63)49-15-16-50-80-68-44-27-56(6-3)28-45-68/h4-14,17-48,51-53H,1-3,15-16,49-50H2. The van der Waals surface area contributed by atoms with Crippen LogP contribution in [0.3, 0.4) is 0 Å². The number of ether oxygens (including phenoxy) is 1. The highest BCUT2D eigenvalue weighted by atomic mass is 16.5. The minimum atomic E-state index is -0.360. The van der Waals surface area contributed by atoms with Crippen LogP contribution in [0, 0.1) is 0 Å². The highest BCUT2D eigenvalue weighted by molar-refractivity contribution is 6.11. The van der Waals surface area contributed by atoms with E-state index in [4.69, 9.17) is 4.74 Å². The van der Waals surface area contributed by atoms with Crippen LogP contribution in [0.15, 0.2) is 281 Å². The first-order valence-electron chi connectivity index (χ1n) is 27.7. The molecular weight excluding hydrogens is 969 g/mol. The molecule has 0 N–H and O–H groups in total. The molecule has 0 spiro atoms. The zero-order chi connectivity index (χ0) is 54.0. The summed E-state index contributed by atoms with van der Waals surface area (Å²) in [5, 5.41) is 2.41. The zero-order valence-electron chi connectivity index (χ0n) is 44.8. The van der Waals surface area contributed by atoms with E-state index in [-0.39, 0.29) is 5.41 Å². The molecule has 12 aromatic rings. The summed E-state index contributed by atoms with van der Waals surface area (Å²) in [6, 6.07) is 95.4. The van der Waals surface area contributed by atoms with Crippen molar-refractivity contribution >= 4 is 57.1 Å². The first kappa shape index (κ1) is 49.6. The Morgan fingerprint density at radius 2 is 0.850 bits per heavy atom. The minimum Gasteiger partial charge on any atom is -0.494 e. The summed E-state index contributed by atoms with van der Waals surface area (Å²) in [7, 11) is 0. The van der Waals surface area contributed by atoms with Gasteiger partial charge in [-0.3, -0.25) is 0 Å². The second-order valence-corrected chi connectivity index (χ2v) is 20.8. The first-order chi connectivity index (χ1) is 39.5. The first-order valence-corrected chi connectivity index (χ1v) is 27.7. The molecule has 1 aliphatic carbocycles. The second kappa shape index (κ2) is 21.5. The van der Waals surface area contributed by atoms with Crippen molar-refractivity contribution in [1.82, 2.24) is 4.57 Å². The Kier molecular flexibility index (Phi) is 13.3. The Morgan fingerprint density at radius 3 is 1.44 bits per heavy atom. The summed E-state index contributed by atoms with van der Waals surface area (Å²) in [6.45, 7) is 12.5. The molecule has 1 atom stereocenters. The van der Waals surface area contributed by atoms with Crippen LogP contribution in [0.4, 0.5) is 17.1 Å². The number of aromatic nitrogens is 1. The van der Waals surface area contributed by atoms with Crippen molar-refractivity contribution in [3.8, 4) is 55.9 Å². The predicted octanol–water partition coefficient (Wildman–Crippen LogP) is 20.7. The summed E-state index contributed by atoms with van der Waals surface area (Å²) in [5.41, 5.74) is 23.3. The number of rotatable bonds is 17. The number of hydrogen-bond donors (Lipinski definition) is 0. The van der Waals surface area contributed by atoms with Gasteiger partial charge in [0, 0.05) is 38.9 Å². The number of hydrogen-bond acceptors (Lipinski definition) is 2. The van der Waals surface area contributed by atoms with Gasteiger partial charge in [0.2, 0.25) is 0 Å². The van der Waals surface area contributed by atoms with E-state index >= 15 is 0 Å². The Bertz CT molecular complexity index is 4210. The van der Waals surface area contributed by atoms with Crippen LogP contribution in [0.1, 0.15) is 52.6 Å². The third-order valence-corrected chi connectivity index (χ3v) is 16.3. The lowest BCUT2D eigenvalue weighted by atomic mass is 9.69. The van der Waals surface area contributed by atoms with E-state index in [9.17, 15) is 0 Å². The maximum Gasteiger partial charge on any atom is 0.119 e. The van der Waals surface area contributed by atoms with Gasteiger partial charge in [-0.2, -0.15) is 0 Å². The number of unbranched alkanes of at least 4 members (excludes halogenated alkanes) is 1. The summed E-state index contributed by atoms with van der Waals surface area (Å²) in [4.78, 5) is 2.41. The van der Waals surface area contributed by atoms with Gasteiger partial charge in [0.25, 0.3) is 0 Å². The quantitative estimate of drug-likeness (QED) is 0.0846. The number of para-hydroxylation sites is 1. The minimum absolute atomic E-state index is 0.360. The highest BCUT2D eigenvalue weighted by Gasteiger charge is 2.44. The van der Waals surface area contributed by atoms with Crippen LogP contribution in [0.5, 0.6) is 5.75 Å². The normalized spacial score (nSPS) is 13.4. The maximum absolute atomic E-state index is 6.29. The molecule has 3 nitrogen and oxygen atoms in total. The molecule has 384 valence electrons. The topological polar surface area (TPSA) is 17.4 Å². The molecule has 1 heterocycles. The SMILES string of the molecule is C=Cc1ccc(OCCCCC2(c3ccccc3)c3ccccc3-c3ccc(N(c4ccccc4)c4ccc(-c5ccc6c(c5)c5cc(-c7ccc(C=C)cc7)ccc5n6-c5ccc(-c6ccc(C=C)cc6)cc5)cc4)cc32)cc1. The van der Waals surface area contributed by atoms with Crippen molar-refractivity contribution in [3.63, 3.8) is 0 Å². The number of benzene rings is 11. The Labute approximate surface area is 470 Å². The lowest BCUT2D eigenvalue weighted by Crippen LogP contribution is -2.27. The summed E-state index contributed by atoms with van der Waals surface area (Å²) < 4.78 is 8.69. The van der Waals surface area contributed by atoms with Crippen molar-refractivity contribution in [2.24, 2.45) is 0 Å². The molecule has 3 heteroatoms. The van der Waals surface area contributed by atoms with Gasteiger partial charge in [0.1, 0.15) is 5.75 Å². The van der Waals surface area contributed by atoms with E-state index in [1.165, 1.54) is 60.8 Å². The second-order valence-electron chi connectivity index (χ2n) is 20.8. The van der Waals surface area contributed by atoms with Gasteiger partial charge in [-0.15, -0.1) is 0 Å². The van der Waals surface area contributed by atoms with Gasteiger partial charge < -0.3 is 14.2 Å². The molecule has 0 amide bonds. The lowest BCUT2D eigenvalue weighted by molar-refractivity contribution is 0.301. The fourth-order valence-electron chi connectivity index (χ4n) is 12.2. The van der Waals surface area contributed by atoms with Crippen molar-refractivity contribution in [2.75, 3.05) is 11.5 Å². The smallest absolute Gasteiger partial charge is 0.119 e. The van der Waals surface area contributed by atoms with Crippen molar-refractivity contribution < 1.29 is 4.74 Å². The van der Waals surface area contributed by atoms with E-state index in [0.29, 0.717) is 6.61 Å². The van der Waals surface area contributed by atoms with Crippen molar-refractivity contribution in [1.29, 1.82) is 0 Å². The van der Waals surface area contributed by atoms with Crippen LogP contribution < -0.4 is 9.64 Å². The molecule has 11 aromatic carbocycles. The van der Waals surface area contributed by atoms with Crippen LogP contribution in [-0.4, -0.2) is 11.2 Å². The summed E-state index contributed by atoms with van der Waals surface area (Å²) >= 11 is 0. The van der Waals surface area contributed by atoms with Crippen molar-refractivity contribution in [3.05, 3.63) is 314 Å². The van der Waals surface area contributed by atoms with Gasteiger partial charge >= 0.3 is 0 Å². The monoisotopic (exact) mass is 1030 g/mol. The molecule has 1 aromatic heterocycles. The molecular formula is C77H60N2O. The Morgan fingerprint density at radius 1 is 0.388 bits per heavy atom. The molecule has 0 bridgehead atoms. The van der Waals surface area contributed by atoms with Crippen LogP contribution in [0.25, 0.3) is 90.2 Å². The maximum atomic E-state index is 6.29. The third kappa shape index (κ3) is 9.13. The van der Waals surface area contributed by atoms with Crippen LogP contribution in [0.2, 0.25) is 0 Å². The Balaban J connectivity index is 0.869. The average Bonchev–Trinajstić information content (AvgIpc) is 4.09. The van der Waals surface area contributed by atoms with E-state index in [1.54, 1.807) is 0 Å². The molecule has 80 heavy (non-hydrogen) atoms. The molecule has 0 aliphatic heterocycles. The lowest BCUT2D eigenvalue weighted by Gasteiger charge is -2.34. The van der Waals surface area contributed by atoms with E-state index < -0.39 is 0 Å². The van der Waals surface area contributed by atoms with E-state index in [1.807, 2.05) is 30.4 Å². The fourth-order valence-corrected chi connectivity index (χ4v) is 12.2. The van der Waals surface area contributed by atoms with Gasteiger partial charge in [0.15, 0.2) is 0 Å². The molecule has 13 rings (SSSR count). The number of anilines is 3. The molecule has 1 unspecified atom stereocenters. The fraction of sp³-hybridized carbons (Fsp3) is 0.0649. The van der Waals surface area contributed by atoms with Crippen LogP contribution in [-0.2, 0) is 5.41 Å². The third-order valence-electron chi connectivity index (χ3n) is 16.3. The molecule has 0 saturated heterocycles. The number of nitrogens with zero attached hydrogens (tertiary/aromatic N) is 2. The van der Waals surface area contributed by atoms with Gasteiger partial charge in [-0.25, -0.2) is 0 Å².